The predicted molar refractivity (Wildman–Crippen MR) is 106 cm³/mol. The van der Waals surface area contributed by atoms with Crippen LogP contribution < -0.4 is 10.1 Å². The van der Waals surface area contributed by atoms with Crippen molar-refractivity contribution in [3.63, 3.8) is 0 Å². The average Bonchev–Trinajstić information content (AvgIpc) is 3.25. The molecule has 29 heavy (non-hydrogen) atoms. The second-order valence-electron chi connectivity index (χ2n) is 6.27. The highest BCUT2D eigenvalue weighted by molar-refractivity contribution is 5.99. The first kappa shape index (κ1) is 18.4. The topological polar surface area (TPSA) is 79.9 Å². The number of aromatic amines is 1. The van der Waals surface area contributed by atoms with Crippen molar-refractivity contribution in [1.82, 2.24) is 20.5 Å². The Morgan fingerprint density at radius 1 is 1.07 bits per heavy atom. The number of rotatable bonds is 6. The summed E-state index contributed by atoms with van der Waals surface area (Å²) in [6.45, 7) is 0.292. The van der Waals surface area contributed by atoms with Gasteiger partial charge in [0.2, 0.25) is 5.88 Å². The summed E-state index contributed by atoms with van der Waals surface area (Å²) in [6, 6.07) is 18.7. The van der Waals surface area contributed by atoms with Gasteiger partial charge in [0, 0.05) is 24.4 Å². The molecule has 144 valence electrons. The molecule has 4 aromatic rings. The van der Waals surface area contributed by atoms with Crippen LogP contribution in [0.25, 0.3) is 11.3 Å². The lowest BCUT2D eigenvalue weighted by molar-refractivity contribution is 0.0951. The number of nitrogens with one attached hydrogen (secondary N) is 2. The number of hydrogen-bond acceptors (Lipinski definition) is 4. The number of hydrogen-bond donors (Lipinski definition) is 2. The predicted octanol–water partition coefficient (Wildman–Crippen LogP) is 4.33. The van der Waals surface area contributed by atoms with Crippen molar-refractivity contribution >= 4 is 5.91 Å². The van der Waals surface area contributed by atoms with Gasteiger partial charge in [-0.3, -0.25) is 9.89 Å². The maximum Gasteiger partial charge on any atom is 0.255 e. The molecule has 7 heteroatoms. The summed E-state index contributed by atoms with van der Waals surface area (Å²) >= 11 is 0. The number of aromatic nitrogens is 3. The zero-order chi connectivity index (χ0) is 20.1. The number of pyridine rings is 1. The molecule has 4 rings (SSSR count). The van der Waals surface area contributed by atoms with Crippen molar-refractivity contribution in [3.8, 4) is 22.9 Å². The summed E-state index contributed by atoms with van der Waals surface area (Å²) in [4.78, 5) is 16.8. The van der Waals surface area contributed by atoms with E-state index in [4.69, 9.17) is 4.74 Å². The highest BCUT2D eigenvalue weighted by atomic mass is 19.1. The van der Waals surface area contributed by atoms with Gasteiger partial charge in [-0.1, -0.05) is 30.3 Å². The molecule has 0 aliphatic rings. The molecule has 2 heterocycles. The second kappa shape index (κ2) is 8.35. The van der Waals surface area contributed by atoms with E-state index in [1.54, 1.807) is 18.3 Å². The number of halogens is 1. The van der Waals surface area contributed by atoms with Crippen LogP contribution in [0.3, 0.4) is 0 Å². The number of amides is 1. The van der Waals surface area contributed by atoms with Crippen LogP contribution in [0, 0.1) is 5.82 Å². The fourth-order valence-corrected chi connectivity index (χ4v) is 2.80. The summed E-state index contributed by atoms with van der Waals surface area (Å²) < 4.78 is 18.6. The van der Waals surface area contributed by atoms with Gasteiger partial charge in [0.25, 0.3) is 5.91 Å². The fraction of sp³-hybridized carbons (Fsp3) is 0.0455. The minimum Gasteiger partial charge on any atom is -0.439 e. The van der Waals surface area contributed by atoms with Gasteiger partial charge in [-0.2, -0.15) is 5.10 Å². The van der Waals surface area contributed by atoms with Crippen molar-refractivity contribution in [3.05, 3.63) is 96.1 Å². The lowest BCUT2D eigenvalue weighted by Crippen LogP contribution is -2.23. The molecule has 1 amide bonds. The molecule has 2 N–H and O–H groups in total. The highest BCUT2D eigenvalue weighted by Gasteiger charge is 2.15. The SMILES string of the molecule is O=C(NCc1ccnc(Oc2ccc(F)cc2)c1)c1cn[nH]c1-c1ccccc1. The van der Waals surface area contributed by atoms with E-state index in [1.165, 1.54) is 30.5 Å². The molecular weight excluding hydrogens is 371 g/mol. The molecule has 0 aliphatic carbocycles. The molecule has 6 nitrogen and oxygen atoms in total. The first-order valence-electron chi connectivity index (χ1n) is 8.94. The van der Waals surface area contributed by atoms with Crippen LogP contribution in [-0.2, 0) is 6.54 Å². The molecule has 0 fully saturated rings. The smallest absolute Gasteiger partial charge is 0.255 e. The number of nitrogens with zero attached hydrogens (tertiary/aromatic N) is 2. The summed E-state index contributed by atoms with van der Waals surface area (Å²) in [5, 5.41) is 9.75. The van der Waals surface area contributed by atoms with Gasteiger partial charge >= 0.3 is 0 Å². The van der Waals surface area contributed by atoms with E-state index >= 15 is 0 Å². The zero-order valence-corrected chi connectivity index (χ0v) is 15.3. The Balaban J connectivity index is 1.43. The van der Waals surface area contributed by atoms with E-state index in [9.17, 15) is 9.18 Å². The summed E-state index contributed by atoms with van der Waals surface area (Å²) in [5.74, 6) is 0.258. The van der Waals surface area contributed by atoms with Crippen LogP contribution >= 0.6 is 0 Å². The normalized spacial score (nSPS) is 10.5. The number of carbonyl (C=O) groups excluding carboxylic acids is 1. The van der Waals surface area contributed by atoms with Gasteiger partial charge < -0.3 is 10.1 Å². The Kier molecular flexibility index (Phi) is 5.29. The molecule has 2 aromatic carbocycles. The van der Waals surface area contributed by atoms with Crippen LogP contribution in [-0.4, -0.2) is 21.1 Å². The number of carbonyl (C=O) groups is 1. The molecule has 0 atom stereocenters. The van der Waals surface area contributed by atoms with Crippen molar-refractivity contribution in [2.75, 3.05) is 0 Å². The number of H-pyrrole nitrogens is 1. The minimum atomic E-state index is -0.337. The maximum atomic E-state index is 13.0. The summed E-state index contributed by atoms with van der Waals surface area (Å²) in [6.07, 6.45) is 3.10. The molecule has 0 saturated heterocycles. The van der Waals surface area contributed by atoms with Crippen LogP contribution in [0.1, 0.15) is 15.9 Å². The Bertz CT molecular complexity index is 1110. The van der Waals surface area contributed by atoms with Crippen LogP contribution in [0.2, 0.25) is 0 Å². The van der Waals surface area contributed by atoms with E-state index in [2.05, 4.69) is 20.5 Å². The molecule has 0 saturated carbocycles. The van der Waals surface area contributed by atoms with Crippen molar-refractivity contribution in [2.45, 2.75) is 6.54 Å². The third kappa shape index (κ3) is 4.47. The van der Waals surface area contributed by atoms with Gasteiger partial charge in [0.05, 0.1) is 17.5 Å². The number of ether oxygens (including phenoxy) is 1. The Morgan fingerprint density at radius 2 is 1.86 bits per heavy atom. The largest absolute Gasteiger partial charge is 0.439 e. The minimum absolute atomic E-state index is 0.240. The van der Waals surface area contributed by atoms with E-state index in [1.807, 2.05) is 30.3 Å². The standard InChI is InChI=1S/C22H17FN4O2/c23-17-6-8-18(9-7-17)29-20-12-15(10-11-24-20)13-25-22(28)19-14-26-27-21(19)16-4-2-1-3-5-16/h1-12,14H,13H2,(H,25,28)(H,26,27). The summed E-state index contributed by atoms with van der Waals surface area (Å²) in [5.41, 5.74) is 2.83. The number of benzene rings is 2. The van der Waals surface area contributed by atoms with Crippen LogP contribution in [0.4, 0.5) is 4.39 Å². The zero-order valence-electron chi connectivity index (χ0n) is 15.3. The van der Waals surface area contributed by atoms with Crippen LogP contribution in [0.15, 0.2) is 79.1 Å². The van der Waals surface area contributed by atoms with E-state index in [-0.39, 0.29) is 11.7 Å². The first-order valence-corrected chi connectivity index (χ1v) is 8.94. The third-order valence-electron chi connectivity index (χ3n) is 4.23. The lowest BCUT2D eigenvalue weighted by Gasteiger charge is -2.08. The maximum absolute atomic E-state index is 13.0. The molecule has 0 aliphatic heterocycles. The van der Waals surface area contributed by atoms with Crippen LogP contribution in [0.5, 0.6) is 11.6 Å². The van der Waals surface area contributed by atoms with Crippen molar-refractivity contribution < 1.29 is 13.9 Å². The Morgan fingerprint density at radius 3 is 2.66 bits per heavy atom. The molecule has 0 unspecified atom stereocenters. The van der Waals surface area contributed by atoms with Gasteiger partial charge in [0.1, 0.15) is 11.6 Å². The average molecular weight is 388 g/mol. The van der Waals surface area contributed by atoms with E-state index in [0.717, 1.165) is 11.1 Å². The van der Waals surface area contributed by atoms with Crippen molar-refractivity contribution in [2.24, 2.45) is 0 Å². The molecule has 0 bridgehead atoms. The monoisotopic (exact) mass is 388 g/mol. The lowest BCUT2D eigenvalue weighted by atomic mass is 10.1. The van der Waals surface area contributed by atoms with Gasteiger partial charge in [-0.05, 0) is 35.9 Å². The quantitative estimate of drug-likeness (QED) is 0.515. The second-order valence-corrected chi connectivity index (χ2v) is 6.27. The third-order valence-corrected chi connectivity index (χ3v) is 4.23. The first-order chi connectivity index (χ1) is 14.2. The van der Waals surface area contributed by atoms with Gasteiger partial charge in [0.15, 0.2) is 0 Å². The Labute approximate surface area is 166 Å². The molecule has 0 spiro atoms. The molecular formula is C22H17FN4O2. The molecule has 0 radical (unpaired) electrons. The fourth-order valence-electron chi connectivity index (χ4n) is 2.80. The van der Waals surface area contributed by atoms with E-state index in [0.29, 0.717) is 29.4 Å². The highest BCUT2D eigenvalue weighted by Crippen LogP contribution is 2.22. The van der Waals surface area contributed by atoms with Gasteiger partial charge in [-0.25, -0.2) is 9.37 Å². The van der Waals surface area contributed by atoms with Gasteiger partial charge in [-0.15, -0.1) is 0 Å². The van der Waals surface area contributed by atoms with E-state index < -0.39 is 0 Å². The molecule has 2 aromatic heterocycles. The Hall–Kier alpha value is -4.00. The summed E-state index contributed by atoms with van der Waals surface area (Å²) in [7, 11) is 0. The van der Waals surface area contributed by atoms with Crippen molar-refractivity contribution in [1.29, 1.82) is 0 Å².